The third-order valence-corrected chi connectivity index (χ3v) is 4.05. The van der Waals surface area contributed by atoms with Crippen molar-refractivity contribution in [1.82, 2.24) is 5.32 Å². The molecule has 0 atom stereocenters. The molecular formula is C22H28N2O. The molecule has 3 nitrogen and oxygen atoms in total. The average molecular weight is 336 g/mol. The minimum Gasteiger partial charge on any atom is -0.399 e. The van der Waals surface area contributed by atoms with Gasteiger partial charge in [-0.3, -0.25) is 4.79 Å². The molecule has 132 valence electrons. The number of amides is 1. The standard InChI is InChI=1S/C22H28N2O/c1-14-13-20(17-7-9-19(23)10-8-17)15(2)11-18(14)12-16(3)21(25)24-22(4,5)6/h7-13H,23H2,1-6H3,(H,24,25)/b16-12+. The molecule has 3 heteroatoms. The van der Waals surface area contributed by atoms with E-state index < -0.39 is 0 Å². The van der Waals surface area contributed by atoms with Gasteiger partial charge in [0, 0.05) is 16.8 Å². The number of nitrogens with two attached hydrogens (primary N) is 1. The monoisotopic (exact) mass is 336 g/mol. The van der Waals surface area contributed by atoms with Gasteiger partial charge in [0.05, 0.1) is 0 Å². The average Bonchev–Trinajstić information content (AvgIpc) is 2.50. The molecule has 2 rings (SSSR count). The predicted molar refractivity (Wildman–Crippen MR) is 107 cm³/mol. The van der Waals surface area contributed by atoms with Crippen LogP contribution < -0.4 is 11.1 Å². The maximum Gasteiger partial charge on any atom is 0.247 e. The third-order valence-electron chi connectivity index (χ3n) is 4.05. The van der Waals surface area contributed by atoms with Gasteiger partial charge in [0.2, 0.25) is 5.91 Å². The van der Waals surface area contributed by atoms with Crippen LogP contribution in [0.4, 0.5) is 5.69 Å². The Hall–Kier alpha value is -2.55. The molecule has 0 bridgehead atoms. The second-order valence-corrected chi connectivity index (χ2v) is 7.68. The Morgan fingerprint density at radius 2 is 1.64 bits per heavy atom. The van der Waals surface area contributed by atoms with Gasteiger partial charge in [-0.15, -0.1) is 0 Å². The summed E-state index contributed by atoms with van der Waals surface area (Å²) in [5.41, 5.74) is 12.7. The van der Waals surface area contributed by atoms with E-state index in [1.54, 1.807) is 0 Å². The van der Waals surface area contributed by atoms with Crippen molar-refractivity contribution in [2.75, 3.05) is 5.73 Å². The lowest BCUT2D eigenvalue weighted by Crippen LogP contribution is -2.40. The molecule has 0 saturated heterocycles. The predicted octanol–water partition coefficient (Wildman–Crippen LogP) is 4.87. The van der Waals surface area contributed by atoms with Crippen molar-refractivity contribution in [2.24, 2.45) is 0 Å². The molecular weight excluding hydrogens is 308 g/mol. The minimum atomic E-state index is -0.240. The molecule has 0 heterocycles. The normalized spacial score (nSPS) is 12.2. The Morgan fingerprint density at radius 3 is 2.20 bits per heavy atom. The maximum absolute atomic E-state index is 12.3. The summed E-state index contributed by atoms with van der Waals surface area (Å²) in [5, 5.41) is 3.00. The van der Waals surface area contributed by atoms with E-state index in [-0.39, 0.29) is 11.4 Å². The van der Waals surface area contributed by atoms with Crippen LogP contribution in [0.2, 0.25) is 0 Å². The molecule has 0 saturated carbocycles. The van der Waals surface area contributed by atoms with Gasteiger partial charge in [-0.1, -0.05) is 24.3 Å². The Kier molecular flexibility index (Phi) is 5.36. The van der Waals surface area contributed by atoms with Crippen LogP contribution >= 0.6 is 0 Å². The summed E-state index contributed by atoms with van der Waals surface area (Å²) in [4.78, 5) is 12.3. The van der Waals surface area contributed by atoms with Crippen molar-refractivity contribution in [2.45, 2.75) is 47.1 Å². The Morgan fingerprint density at radius 1 is 1.04 bits per heavy atom. The fourth-order valence-electron chi connectivity index (χ4n) is 2.71. The fourth-order valence-corrected chi connectivity index (χ4v) is 2.71. The quantitative estimate of drug-likeness (QED) is 0.620. The van der Waals surface area contributed by atoms with Crippen molar-refractivity contribution in [3.8, 4) is 11.1 Å². The summed E-state index contributed by atoms with van der Waals surface area (Å²) in [6, 6.07) is 12.2. The topological polar surface area (TPSA) is 55.1 Å². The number of hydrogen-bond acceptors (Lipinski definition) is 2. The van der Waals surface area contributed by atoms with Crippen LogP contribution in [0.1, 0.15) is 44.4 Å². The number of nitrogens with one attached hydrogen (secondary N) is 1. The van der Waals surface area contributed by atoms with Crippen molar-refractivity contribution in [3.05, 3.63) is 58.7 Å². The highest BCUT2D eigenvalue weighted by molar-refractivity contribution is 5.97. The highest BCUT2D eigenvalue weighted by atomic mass is 16.1. The van der Waals surface area contributed by atoms with Gasteiger partial charge >= 0.3 is 0 Å². The Balaban J connectivity index is 2.35. The van der Waals surface area contributed by atoms with Gasteiger partial charge in [-0.05, 0) is 87.6 Å². The van der Waals surface area contributed by atoms with Gasteiger partial charge in [0.1, 0.15) is 0 Å². The van der Waals surface area contributed by atoms with E-state index >= 15 is 0 Å². The van der Waals surface area contributed by atoms with Crippen LogP contribution in [0.3, 0.4) is 0 Å². The molecule has 1 amide bonds. The summed E-state index contributed by atoms with van der Waals surface area (Å²) < 4.78 is 0. The fraction of sp³-hybridized carbons (Fsp3) is 0.318. The van der Waals surface area contributed by atoms with E-state index in [4.69, 9.17) is 5.73 Å². The number of carbonyl (C=O) groups is 1. The lowest BCUT2D eigenvalue weighted by Gasteiger charge is -2.20. The van der Waals surface area contributed by atoms with E-state index in [0.29, 0.717) is 5.57 Å². The molecule has 2 aromatic rings. The number of aryl methyl sites for hydroxylation is 2. The van der Waals surface area contributed by atoms with E-state index in [1.807, 2.05) is 58.0 Å². The van der Waals surface area contributed by atoms with Crippen LogP contribution in [-0.4, -0.2) is 11.4 Å². The summed E-state index contributed by atoms with van der Waals surface area (Å²) in [5.74, 6) is -0.0350. The first kappa shape index (κ1) is 18.8. The van der Waals surface area contributed by atoms with Crippen LogP contribution in [-0.2, 0) is 4.79 Å². The third kappa shape index (κ3) is 4.96. The Labute approximate surface area is 150 Å². The zero-order valence-corrected chi connectivity index (χ0v) is 16.0. The zero-order chi connectivity index (χ0) is 18.8. The highest BCUT2D eigenvalue weighted by Crippen LogP contribution is 2.28. The summed E-state index contributed by atoms with van der Waals surface area (Å²) in [6.07, 6.45) is 1.95. The summed E-state index contributed by atoms with van der Waals surface area (Å²) in [7, 11) is 0. The van der Waals surface area contributed by atoms with E-state index in [1.165, 1.54) is 11.1 Å². The zero-order valence-electron chi connectivity index (χ0n) is 16.0. The lowest BCUT2D eigenvalue weighted by molar-refractivity contribution is -0.118. The molecule has 3 N–H and O–H groups in total. The van der Waals surface area contributed by atoms with E-state index in [0.717, 1.165) is 22.4 Å². The second kappa shape index (κ2) is 7.14. The molecule has 0 aliphatic carbocycles. The Bertz CT molecular complexity index is 809. The number of anilines is 1. The number of rotatable bonds is 3. The number of hydrogen-bond donors (Lipinski definition) is 2. The molecule has 0 spiro atoms. The van der Waals surface area contributed by atoms with Crippen LogP contribution in [0.25, 0.3) is 17.2 Å². The first-order valence-corrected chi connectivity index (χ1v) is 8.55. The number of nitrogen functional groups attached to an aromatic ring is 1. The van der Waals surface area contributed by atoms with E-state index in [9.17, 15) is 4.79 Å². The summed E-state index contributed by atoms with van der Waals surface area (Å²) in [6.45, 7) is 12.0. The van der Waals surface area contributed by atoms with Gasteiger partial charge < -0.3 is 11.1 Å². The molecule has 0 unspecified atom stereocenters. The van der Waals surface area contributed by atoms with Gasteiger partial charge in [-0.25, -0.2) is 0 Å². The molecule has 0 aromatic heterocycles. The number of carbonyl (C=O) groups excluding carboxylic acids is 1. The minimum absolute atomic E-state index is 0.0350. The smallest absolute Gasteiger partial charge is 0.247 e. The van der Waals surface area contributed by atoms with Crippen LogP contribution in [0.5, 0.6) is 0 Å². The molecule has 0 aliphatic rings. The molecule has 25 heavy (non-hydrogen) atoms. The van der Waals surface area contributed by atoms with Gasteiger partial charge in [-0.2, -0.15) is 0 Å². The molecule has 0 radical (unpaired) electrons. The van der Waals surface area contributed by atoms with E-state index in [2.05, 4.69) is 31.3 Å². The second-order valence-electron chi connectivity index (χ2n) is 7.68. The van der Waals surface area contributed by atoms with Crippen LogP contribution in [0.15, 0.2) is 42.0 Å². The molecule has 0 fully saturated rings. The number of benzene rings is 2. The van der Waals surface area contributed by atoms with Crippen molar-refractivity contribution in [1.29, 1.82) is 0 Å². The first-order valence-electron chi connectivity index (χ1n) is 8.55. The SMILES string of the molecule is C/C(=C\c1cc(C)c(-c2ccc(N)cc2)cc1C)C(=O)NC(C)(C)C. The van der Waals surface area contributed by atoms with Crippen molar-refractivity contribution >= 4 is 17.7 Å². The van der Waals surface area contributed by atoms with Crippen LogP contribution in [0, 0.1) is 13.8 Å². The van der Waals surface area contributed by atoms with Crippen molar-refractivity contribution in [3.63, 3.8) is 0 Å². The summed E-state index contributed by atoms with van der Waals surface area (Å²) >= 11 is 0. The maximum atomic E-state index is 12.3. The lowest BCUT2D eigenvalue weighted by atomic mass is 9.94. The van der Waals surface area contributed by atoms with Crippen molar-refractivity contribution < 1.29 is 4.79 Å². The van der Waals surface area contributed by atoms with Gasteiger partial charge in [0.15, 0.2) is 0 Å². The highest BCUT2D eigenvalue weighted by Gasteiger charge is 2.15. The first-order chi connectivity index (χ1) is 11.6. The molecule has 2 aromatic carbocycles. The molecule has 0 aliphatic heterocycles. The van der Waals surface area contributed by atoms with Gasteiger partial charge in [0.25, 0.3) is 0 Å². The largest absolute Gasteiger partial charge is 0.399 e.